The number of halogens is 1. The van der Waals surface area contributed by atoms with Crippen molar-refractivity contribution in [3.63, 3.8) is 0 Å². The van der Waals surface area contributed by atoms with E-state index in [2.05, 4.69) is 5.32 Å². The van der Waals surface area contributed by atoms with Gasteiger partial charge in [0, 0.05) is 28.3 Å². The summed E-state index contributed by atoms with van der Waals surface area (Å²) in [5.41, 5.74) is 5.19. The number of fused-ring (bicyclic) bond motifs is 1. The molecular formula is C34H29ClN2O4. The molecule has 1 heterocycles. The minimum Gasteiger partial charge on any atom is -0.493 e. The second-order valence-electron chi connectivity index (χ2n) is 10.2. The summed E-state index contributed by atoms with van der Waals surface area (Å²) in [6, 6.07) is 29.4. The lowest BCUT2D eigenvalue weighted by molar-refractivity contribution is -0.116. The Morgan fingerprint density at radius 2 is 1.51 bits per heavy atom. The van der Waals surface area contributed by atoms with Gasteiger partial charge in [0.15, 0.2) is 17.3 Å². The van der Waals surface area contributed by atoms with Gasteiger partial charge in [-0.1, -0.05) is 60.1 Å². The Balaban J connectivity index is 1.53. The zero-order chi connectivity index (χ0) is 28.5. The number of hydrogen-bond acceptors (Lipinski definition) is 5. The summed E-state index contributed by atoms with van der Waals surface area (Å²) >= 11 is 6.27. The van der Waals surface area contributed by atoms with Crippen molar-refractivity contribution in [1.82, 2.24) is 0 Å². The fraction of sp³-hybridized carbons (Fsp3) is 0.176. The Morgan fingerprint density at radius 3 is 2.24 bits per heavy atom. The van der Waals surface area contributed by atoms with Crippen molar-refractivity contribution < 1.29 is 19.1 Å². The first-order valence-electron chi connectivity index (χ1n) is 13.5. The van der Waals surface area contributed by atoms with Crippen LogP contribution in [0.5, 0.6) is 11.5 Å². The lowest BCUT2D eigenvalue weighted by atomic mass is 9.78. The lowest BCUT2D eigenvalue weighted by Crippen LogP contribution is -2.38. The first-order valence-corrected chi connectivity index (χ1v) is 13.8. The van der Waals surface area contributed by atoms with Crippen molar-refractivity contribution in [3.05, 3.63) is 130 Å². The third-order valence-electron chi connectivity index (χ3n) is 7.79. The first-order chi connectivity index (χ1) is 20.0. The van der Waals surface area contributed by atoms with E-state index in [1.807, 2.05) is 72.8 Å². The number of methoxy groups -OCH3 is 2. The number of benzene rings is 4. The topological polar surface area (TPSA) is 67.9 Å². The monoisotopic (exact) mass is 564 g/mol. The largest absolute Gasteiger partial charge is 0.493 e. The van der Waals surface area contributed by atoms with Crippen LogP contribution in [0.2, 0.25) is 5.02 Å². The average Bonchev–Trinajstić information content (AvgIpc) is 3.16. The highest BCUT2D eigenvalue weighted by molar-refractivity contribution is 6.30. The summed E-state index contributed by atoms with van der Waals surface area (Å²) in [6.07, 6.45) is 0.881. The van der Waals surface area contributed by atoms with Crippen LogP contribution in [-0.2, 0) is 4.79 Å². The summed E-state index contributed by atoms with van der Waals surface area (Å²) in [5, 5.41) is 4.16. The van der Waals surface area contributed by atoms with E-state index in [0.717, 1.165) is 22.5 Å². The molecule has 1 amide bonds. The minimum atomic E-state index is -0.648. The van der Waals surface area contributed by atoms with Gasteiger partial charge >= 0.3 is 0 Å². The summed E-state index contributed by atoms with van der Waals surface area (Å²) in [7, 11) is 3.21. The van der Waals surface area contributed by atoms with Crippen LogP contribution in [0.4, 0.5) is 11.4 Å². The quantitative estimate of drug-likeness (QED) is 0.271. The van der Waals surface area contributed by atoms with E-state index >= 15 is 0 Å². The highest BCUT2D eigenvalue weighted by atomic mass is 35.5. The zero-order valence-corrected chi connectivity index (χ0v) is 23.5. The number of rotatable bonds is 5. The van der Waals surface area contributed by atoms with Crippen molar-refractivity contribution in [1.29, 1.82) is 0 Å². The maximum atomic E-state index is 14.3. The Labute approximate surface area is 244 Å². The van der Waals surface area contributed by atoms with Crippen molar-refractivity contribution in [2.24, 2.45) is 0 Å². The van der Waals surface area contributed by atoms with Gasteiger partial charge in [-0.2, -0.15) is 0 Å². The standard InChI is InChI=1S/C34H29ClN2O4/c1-40-30-17-14-23(20-31(30)41-2)24-18-27-32(29(38)19-24)33(21-12-15-25(35)16-13-21)37(28-11-7-6-10-26(28)36-27)34(39)22-8-4-3-5-9-22/h3-17,20,24,33,36H,18-19H2,1-2H3. The van der Waals surface area contributed by atoms with E-state index in [9.17, 15) is 9.59 Å². The summed E-state index contributed by atoms with van der Waals surface area (Å²) in [6.45, 7) is 0. The van der Waals surface area contributed by atoms with Gasteiger partial charge in [-0.3, -0.25) is 14.5 Å². The van der Waals surface area contributed by atoms with E-state index in [0.29, 0.717) is 46.2 Å². The average molecular weight is 565 g/mol. The number of hydrogen-bond donors (Lipinski definition) is 1. The Kier molecular flexibility index (Phi) is 7.25. The van der Waals surface area contributed by atoms with Gasteiger partial charge < -0.3 is 14.8 Å². The summed E-state index contributed by atoms with van der Waals surface area (Å²) in [4.78, 5) is 30.3. The normalized spacial score (nSPS) is 18.1. The van der Waals surface area contributed by atoms with Crippen LogP contribution in [0.1, 0.15) is 46.3 Å². The van der Waals surface area contributed by atoms with Gasteiger partial charge in [0.1, 0.15) is 0 Å². The molecule has 41 heavy (non-hydrogen) atoms. The van der Waals surface area contributed by atoms with E-state index in [1.54, 1.807) is 43.4 Å². The maximum absolute atomic E-state index is 14.3. The number of carbonyl (C=O) groups excluding carboxylic acids is 2. The molecule has 6 nitrogen and oxygen atoms in total. The summed E-state index contributed by atoms with van der Waals surface area (Å²) in [5.74, 6) is 0.969. The fourth-order valence-corrected chi connectivity index (χ4v) is 5.96. The SMILES string of the molecule is COc1ccc(C2CC(=O)C3=C(C2)Nc2ccccc2N(C(=O)c2ccccc2)C3c2ccc(Cl)cc2)cc1OC. The molecule has 2 aliphatic rings. The van der Waals surface area contributed by atoms with E-state index in [1.165, 1.54) is 0 Å². The van der Waals surface area contributed by atoms with Crippen LogP contribution in [0.15, 0.2) is 108 Å². The molecule has 0 radical (unpaired) electrons. The third kappa shape index (κ3) is 4.96. The number of amides is 1. The maximum Gasteiger partial charge on any atom is 0.259 e. The molecular weight excluding hydrogens is 536 g/mol. The number of Topliss-reactive ketones (excluding diaryl/α,β-unsaturated/α-hetero) is 1. The van der Waals surface area contributed by atoms with Crippen LogP contribution in [0, 0.1) is 0 Å². The van der Waals surface area contributed by atoms with Gasteiger partial charge in [-0.25, -0.2) is 0 Å². The number of nitrogens with zero attached hydrogens (tertiary/aromatic N) is 1. The predicted molar refractivity (Wildman–Crippen MR) is 161 cm³/mol. The van der Waals surface area contributed by atoms with Crippen molar-refractivity contribution in [3.8, 4) is 11.5 Å². The molecule has 2 unspecified atom stereocenters. The van der Waals surface area contributed by atoms with Crippen LogP contribution in [-0.4, -0.2) is 25.9 Å². The number of anilines is 2. The molecule has 0 saturated heterocycles. The zero-order valence-electron chi connectivity index (χ0n) is 22.8. The molecule has 7 heteroatoms. The Hall–Kier alpha value is -4.55. The molecule has 1 N–H and O–H groups in total. The second-order valence-corrected chi connectivity index (χ2v) is 10.6. The highest BCUT2D eigenvalue weighted by Crippen LogP contribution is 2.48. The molecule has 206 valence electrons. The van der Waals surface area contributed by atoms with Crippen molar-refractivity contribution >= 4 is 34.7 Å². The number of ketones is 1. The number of nitrogens with one attached hydrogen (secondary N) is 1. The van der Waals surface area contributed by atoms with E-state index < -0.39 is 6.04 Å². The molecule has 0 aromatic heterocycles. The van der Waals surface area contributed by atoms with Gasteiger partial charge in [0.05, 0.1) is 31.6 Å². The third-order valence-corrected chi connectivity index (χ3v) is 8.04. The van der Waals surface area contributed by atoms with Gasteiger partial charge in [-0.15, -0.1) is 0 Å². The van der Waals surface area contributed by atoms with E-state index in [4.69, 9.17) is 21.1 Å². The molecule has 1 aliphatic heterocycles. The molecule has 1 aliphatic carbocycles. The first kappa shape index (κ1) is 26.7. The molecule has 0 fully saturated rings. The Morgan fingerprint density at radius 1 is 0.829 bits per heavy atom. The summed E-state index contributed by atoms with van der Waals surface area (Å²) < 4.78 is 11.0. The van der Waals surface area contributed by atoms with Crippen molar-refractivity contribution in [2.75, 3.05) is 24.4 Å². The molecule has 4 aromatic carbocycles. The minimum absolute atomic E-state index is 0.0165. The predicted octanol–water partition coefficient (Wildman–Crippen LogP) is 7.57. The fourth-order valence-electron chi connectivity index (χ4n) is 5.84. The van der Waals surface area contributed by atoms with Crippen LogP contribution in [0.25, 0.3) is 0 Å². The number of ether oxygens (including phenoxy) is 2. The van der Waals surface area contributed by atoms with Crippen LogP contribution in [0.3, 0.4) is 0 Å². The molecule has 0 bridgehead atoms. The smallest absolute Gasteiger partial charge is 0.259 e. The number of allylic oxidation sites excluding steroid dienone is 1. The van der Waals surface area contributed by atoms with E-state index in [-0.39, 0.29) is 17.6 Å². The number of para-hydroxylation sites is 2. The van der Waals surface area contributed by atoms with Crippen LogP contribution >= 0.6 is 11.6 Å². The molecule has 0 spiro atoms. The van der Waals surface area contributed by atoms with Gasteiger partial charge in [0.2, 0.25) is 0 Å². The molecule has 0 saturated carbocycles. The van der Waals surface area contributed by atoms with Gasteiger partial charge in [-0.05, 0) is 72.0 Å². The molecule has 4 aromatic rings. The highest BCUT2D eigenvalue weighted by Gasteiger charge is 2.42. The van der Waals surface area contributed by atoms with Crippen molar-refractivity contribution in [2.45, 2.75) is 24.8 Å². The molecule has 2 atom stereocenters. The second kappa shape index (κ2) is 11.1. The van der Waals surface area contributed by atoms with Gasteiger partial charge in [0.25, 0.3) is 5.91 Å². The lowest BCUT2D eigenvalue weighted by Gasteiger charge is -2.35. The molecule has 6 rings (SSSR count). The Bertz CT molecular complexity index is 1650. The van der Waals surface area contributed by atoms with Crippen LogP contribution < -0.4 is 19.7 Å². The number of carbonyl (C=O) groups is 2.